The largest absolute Gasteiger partial charge is 0.466 e. The van der Waals surface area contributed by atoms with Gasteiger partial charge in [0.25, 0.3) is 0 Å². The molecular formula is C16H15BrN2O. The first-order valence-corrected chi connectivity index (χ1v) is 7.24. The summed E-state index contributed by atoms with van der Waals surface area (Å²) >= 11 is 3.47. The Hall–Kier alpha value is -1.62. The number of halogens is 1. The van der Waals surface area contributed by atoms with Crippen molar-refractivity contribution in [1.29, 1.82) is 0 Å². The highest BCUT2D eigenvalue weighted by Crippen LogP contribution is 2.27. The second kappa shape index (κ2) is 5.79. The highest BCUT2D eigenvalue weighted by atomic mass is 79.9. The van der Waals surface area contributed by atoms with Crippen LogP contribution in [0.3, 0.4) is 0 Å². The molecule has 1 unspecified atom stereocenters. The number of nitrogens with two attached hydrogens (primary N) is 1. The molecule has 0 radical (unpaired) electrons. The average Bonchev–Trinajstić information content (AvgIpc) is 2.91. The molecule has 0 fully saturated rings. The molecule has 0 saturated carbocycles. The summed E-state index contributed by atoms with van der Waals surface area (Å²) in [6.07, 6.45) is 2.43. The van der Waals surface area contributed by atoms with E-state index in [2.05, 4.69) is 51.7 Å². The molecule has 3 rings (SSSR count). The van der Waals surface area contributed by atoms with Crippen molar-refractivity contribution in [2.45, 2.75) is 12.5 Å². The van der Waals surface area contributed by atoms with Gasteiger partial charge in [0.2, 0.25) is 0 Å². The van der Waals surface area contributed by atoms with E-state index in [0.717, 1.165) is 16.7 Å². The molecule has 1 atom stereocenters. The molecular weight excluding hydrogens is 316 g/mol. The molecule has 0 bridgehead atoms. The minimum Gasteiger partial charge on any atom is -0.466 e. The smallest absolute Gasteiger partial charge is 0.136 e. The monoisotopic (exact) mass is 330 g/mol. The number of hydrogen-bond acceptors (Lipinski definition) is 3. The van der Waals surface area contributed by atoms with Crippen molar-refractivity contribution in [3.8, 4) is 0 Å². The van der Waals surface area contributed by atoms with Gasteiger partial charge in [-0.15, -0.1) is 0 Å². The second-order valence-electron chi connectivity index (χ2n) is 4.74. The lowest BCUT2D eigenvalue weighted by molar-refractivity contribution is 0.413. The van der Waals surface area contributed by atoms with Gasteiger partial charge in [-0.25, -0.2) is 5.43 Å². The van der Waals surface area contributed by atoms with E-state index in [-0.39, 0.29) is 6.04 Å². The molecule has 102 valence electrons. The molecule has 20 heavy (non-hydrogen) atoms. The highest BCUT2D eigenvalue weighted by Gasteiger charge is 2.17. The maximum absolute atomic E-state index is 5.66. The van der Waals surface area contributed by atoms with Crippen LogP contribution in [0.25, 0.3) is 10.8 Å². The van der Waals surface area contributed by atoms with E-state index < -0.39 is 0 Å². The molecule has 4 heteroatoms. The maximum Gasteiger partial charge on any atom is 0.136 e. The fourth-order valence-corrected chi connectivity index (χ4v) is 2.86. The molecule has 0 spiro atoms. The van der Waals surface area contributed by atoms with E-state index >= 15 is 0 Å². The molecule has 1 heterocycles. The van der Waals surface area contributed by atoms with Crippen LogP contribution in [0.15, 0.2) is 63.7 Å². The predicted molar refractivity (Wildman–Crippen MR) is 84.1 cm³/mol. The summed E-state index contributed by atoms with van der Waals surface area (Å²) in [4.78, 5) is 0. The van der Waals surface area contributed by atoms with Gasteiger partial charge in [-0.05, 0) is 44.8 Å². The molecule has 2 aromatic carbocycles. The van der Waals surface area contributed by atoms with Gasteiger partial charge in [0.05, 0.1) is 16.8 Å². The minimum atomic E-state index is -0.0551. The molecule has 3 nitrogen and oxygen atoms in total. The van der Waals surface area contributed by atoms with Crippen LogP contribution in [0.5, 0.6) is 0 Å². The topological polar surface area (TPSA) is 51.2 Å². The Balaban J connectivity index is 1.89. The lowest BCUT2D eigenvalue weighted by Crippen LogP contribution is -2.29. The van der Waals surface area contributed by atoms with Crippen molar-refractivity contribution in [3.05, 3.63) is 70.6 Å². The summed E-state index contributed by atoms with van der Waals surface area (Å²) < 4.78 is 6.42. The average molecular weight is 331 g/mol. The minimum absolute atomic E-state index is 0.0551. The fourth-order valence-electron chi connectivity index (χ4n) is 2.38. The second-order valence-corrected chi connectivity index (χ2v) is 5.59. The Morgan fingerprint density at radius 3 is 2.60 bits per heavy atom. The van der Waals surface area contributed by atoms with Crippen molar-refractivity contribution in [3.63, 3.8) is 0 Å². The van der Waals surface area contributed by atoms with Crippen molar-refractivity contribution >= 4 is 26.7 Å². The van der Waals surface area contributed by atoms with Crippen molar-refractivity contribution in [1.82, 2.24) is 5.43 Å². The zero-order valence-electron chi connectivity index (χ0n) is 10.8. The number of nitrogens with one attached hydrogen (secondary N) is 1. The number of hydrogen-bond donors (Lipinski definition) is 2. The van der Waals surface area contributed by atoms with Gasteiger partial charge in [0, 0.05) is 0 Å². The zero-order chi connectivity index (χ0) is 13.9. The Bertz CT molecular complexity index is 723. The maximum atomic E-state index is 5.66. The molecule has 1 aromatic heterocycles. The molecule has 0 saturated heterocycles. The third-order valence-corrected chi connectivity index (χ3v) is 4.07. The molecule has 3 N–H and O–H groups in total. The van der Waals surface area contributed by atoms with Crippen LogP contribution >= 0.6 is 15.9 Å². The number of hydrazine groups is 1. The standard InChI is InChI=1S/C16H15BrN2O/c17-14-7-8-20-16(14)15(19-18)10-11-5-6-12-3-1-2-4-13(12)9-11/h1-9,15,19H,10,18H2. The van der Waals surface area contributed by atoms with Crippen LogP contribution in [-0.4, -0.2) is 0 Å². The third kappa shape index (κ3) is 2.63. The highest BCUT2D eigenvalue weighted by molar-refractivity contribution is 9.10. The Labute approximate surface area is 125 Å². The first-order valence-electron chi connectivity index (χ1n) is 6.44. The summed E-state index contributed by atoms with van der Waals surface area (Å²) in [6.45, 7) is 0. The van der Waals surface area contributed by atoms with E-state index in [0.29, 0.717) is 0 Å². The van der Waals surface area contributed by atoms with E-state index in [1.807, 2.05) is 18.2 Å². The Morgan fingerprint density at radius 1 is 1.10 bits per heavy atom. The summed E-state index contributed by atoms with van der Waals surface area (Å²) in [5, 5.41) is 2.48. The summed E-state index contributed by atoms with van der Waals surface area (Å²) in [7, 11) is 0. The molecule has 0 aliphatic heterocycles. The van der Waals surface area contributed by atoms with E-state index in [1.54, 1.807) is 6.26 Å². The van der Waals surface area contributed by atoms with Crippen molar-refractivity contribution < 1.29 is 4.42 Å². The third-order valence-electron chi connectivity index (χ3n) is 3.42. The lowest BCUT2D eigenvalue weighted by atomic mass is 10.0. The van der Waals surface area contributed by atoms with Gasteiger partial charge in [-0.3, -0.25) is 5.84 Å². The van der Waals surface area contributed by atoms with E-state index in [1.165, 1.54) is 16.3 Å². The fraction of sp³-hybridized carbons (Fsp3) is 0.125. The van der Waals surface area contributed by atoms with E-state index in [9.17, 15) is 0 Å². The van der Waals surface area contributed by atoms with Crippen LogP contribution < -0.4 is 11.3 Å². The molecule has 3 aromatic rings. The van der Waals surface area contributed by atoms with Crippen molar-refractivity contribution in [2.75, 3.05) is 0 Å². The molecule has 0 aliphatic carbocycles. The summed E-state index contributed by atoms with van der Waals surface area (Å²) in [6, 6.07) is 16.6. The van der Waals surface area contributed by atoms with Crippen LogP contribution in [0.2, 0.25) is 0 Å². The first-order chi connectivity index (χ1) is 9.78. The van der Waals surface area contributed by atoms with Gasteiger partial charge >= 0.3 is 0 Å². The van der Waals surface area contributed by atoms with Gasteiger partial charge in [0.15, 0.2) is 0 Å². The predicted octanol–water partition coefficient (Wildman–Crippen LogP) is 3.94. The first kappa shape index (κ1) is 13.4. The summed E-state index contributed by atoms with van der Waals surface area (Å²) in [5.41, 5.74) is 4.04. The van der Waals surface area contributed by atoms with Crippen LogP contribution in [0.1, 0.15) is 17.4 Å². The number of benzene rings is 2. The molecule has 0 amide bonds. The number of furan rings is 1. The van der Waals surface area contributed by atoms with Crippen molar-refractivity contribution in [2.24, 2.45) is 5.84 Å². The van der Waals surface area contributed by atoms with Crippen LogP contribution in [-0.2, 0) is 6.42 Å². The van der Waals surface area contributed by atoms with E-state index in [4.69, 9.17) is 10.3 Å². The zero-order valence-corrected chi connectivity index (χ0v) is 12.4. The van der Waals surface area contributed by atoms with Crippen LogP contribution in [0, 0.1) is 0 Å². The quantitative estimate of drug-likeness (QED) is 0.562. The van der Waals surface area contributed by atoms with Crippen LogP contribution in [0.4, 0.5) is 0 Å². The number of rotatable bonds is 4. The summed E-state index contributed by atoms with van der Waals surface area (Å²) in [5.74, 6) is 6.48. The normalized spacial score (nSPS) is 12.7. The van der Waals surface area contributed by atoms with Gasteiger partial charge < -0.3 is 4.42 Å². The number of fused-ring (bicyclic) bond motifs is 1. The Kier molecular flexibility index (Phi) is 3.87. The lowest BCUT2D eigenvalue weighted by Gasteiger charge is -2.14. The Morgan fingerprint density at radius 2 is 1.90 bits per heavy atom. The van der Waals surface area contributed by atoms with Gasteiger partial charge in [-0.1, -0.05) is 42.5 Å². The molecule has 0 aliphatic rings. The SMILES string of the molecule is NNC(Cc1ccc2ccccc2c1)c1occc1Br. The van der Waals surface area contributed by atoms with Gasteiger partial charge in [0.1, 0.15) is 5.76 Å². The van der Waals surface area contributed by atoms with Gasteiger partial charge in [-0.2, -0.15) is 0 Å².